The molecule has 0 saturated heterocycles. The molecule has 0 aromatic rings. The molecule has 120 valence electrons. The zero-order valence-corrected chi connectivity index (χ0v) is 12.6. The van der Waals surface area contributed by atoms with Crippen molar-refractivity contribution in [1.29, 1.82) is 0 Å². The zero-order chi connectivity index (χ0) is 14.9. The number of hydrogen-bond donors (Lipinski definition) is 2. The molecular formula is C13H28N2O5. The van der Waals surface area contributed by atoms with Crippen LogP contribution in [-0.2, 0) is 23.7 Å². The molecule has 0 aromatic carbocycles. The van der Waals surface area contributed by atoms with Gasteiger partial charge in [0.15, 0.2) is 0 Å². The first kappa shape index (κ1) is 19.3. The maximum absolute atomic E-state index is 11.3. The van der Waals surface area contributed by atoms with E-state index in [-0.39, 0.29) is 12.5 Å². The van der Waals surface area contributed by atoms with E-state index in [1.54, 1.807) is 0 Å². The van der Waals surface area contributed by atoms with Crippen LogP contribution in [0.4, 0.5) is 0 Å². The minimum Gasteiger partial charge on any atom is -0.379 e. The molecule has 7 heteroatoms. The fourth-order valence-electron chi connectivity index (χ4n) is 1.24. The highest BCUT2D eigenvalue weighted by Gasteiger charge is 2.00. The van der Waals surface area contributed by atoms with Crippen molar-refractivity contribution in [2.45, 2.75) is 6.92 Å². The minimum atomic E-state index is -0.145. The highest BCUT2D eigenvalue weighted by Crippen LogP contribution is 1.80. The molecule has 0 aromatic heterocycles. The fourth-order valence-corrected chi connectivity index (χ4v) is 1.24. The van der Waals surface area contributed by atoms with E-state index < -0.39 is 0 Å². The summed E-state index contributed by atoms with van der Waals surface area (Å²) in [6.45, 7) is 7.13. The molecule has 0 aliphatic rings. The van der Waals surface area contributed by atoms with E-state index in [0.717, 1.165) is 6.54 Å². The Morgan fingerprint density at radius 1 is 0.850 bits per heavy atom. The Morgan fingerprint density at radius 2 is 1.45 bits per heavy atom. The van der Waals surface area contributed by atoms with Crippen molar-refractivity contribution in [3.05, 3.63) is 0 Å². The molecule has 0 aliphatic heterocycles. The highest BCUT2D eigenvalue weighted by molar-refractivity contribution is 5.77. The van der Waals surface area contributed by atoms with Gasteiger partial charge in [-0.05, 0) is 14.0 Å². The number of likely N-dealkylation sites (N-methyl/N-ethyl adjacent to an activating group) is 1. The first-order chi connectivity index (χ1) is 9.81. The van der Waals surface area contributed by atoms with E-state index in [2.05, 4.69) is 10.6 Å². The number of carbonyl (C=O) groups excluding carboxylic acids is 1. The molecule has 0 heterocycles. The van der Waals surface area contributed by atoms with Gasteiger partial charge in [0.2, 0.25) is 5.91 Å². The van der Waals surface area contributed by atoms with Gasteiger partial charge < -0.3 is 29.6 Å². The first-order valence-corrected chi connectivity index (χ1v) is 7.03. The molecule has 2 N–H and O–H groups in total. The van der Waals surface area contributed by atoms with Gasteiger partial charge in [-0.3, -0.25) is 4.79 Å². The van der Waals surface area contributed by atoms with Gasteiger partial charge in [-0.2, -0.15) is 0 Å². The van der Waals surface area contributed by atoms with Crippen molar-refractivity contribution in [2.24, 2.45) is 0 Å². The van der Waals surface area contributed by atoms with Crippen molar-refractivity contribution in [2.75, 3.05) is 73.0 Å². The molecule has 0 saturated carbocycles. The smallest absolute Gasteiger partial charge is 0.246 e. The summed E-state index contributed by atoms with van der Waals surface area (Å²) in [6, 6.07) is 0. The number of rotatable bonds is 15. The van der Waals surface area contributed by atoms with Gasteiger partial charge in [-0.15, -0.1) is 0 Å². The Kier molecular flexibility index (Phi) is 15.7. The summed E-state index contributed by atoms with van der Waals surface area (Å²) in [7, 11) is 1.87. The lowest BCUT2D eigenvalue weighted by molar-refractivity contribution is -0.126. The molecule has 0 rings (SSSR count). The summed E-state index contributed by atoms with van der Waals surface area (Å²) in [5.74, 6) is -0.145. The van der Waals surface area contributed by atoms with Gasteiger partial charge in [-0.25, -0.2) is 0 Å². The topological polar surface area (TPSA) is 78.1 Å². The third-order valence-corrected chi connectivity index (χ3v) is 2.25. The van der Waals surface area contributed by atoms with Crippen LogP contribution in [-0.4, -0.2) is 78.9 Å². The molecule has 7 nitrogen and oxygen atoms in total. The van der Waals surface area contributed by atoms with E-state index in [4.69, 9.17) is 18.9 Å². The summed E-state index contributed by atoms with van der Waals surface area (Å²) in [5.41, 5.74) is 0. The maximum Gasteiger partial charge on any atom is 0.246 e. The quantitative estimate of drug-likeness (QED) is 0.393. The number of ether oxygens (including phenoxy) is 4. The predicted octanol–water partition coefficient (Wildman–Crippen LogP) is -0.592. The second-order valence-electron chi connectivity index (χ2n) is 3.93. The summed E-state index contributed by atoms with van der Waals surface area (Å²) in [4.78, 5) is 11.3. The third kappa shape index (κ3) is 15.3. The molecule has 0 aliphatic carbocycles. The SMILES string of the molecule is CCOCCOCCNC(=O)COCCOCCNC. The molecule has 0 unspecified atom stereocenters. The molecule has 0 atom stereocenters. The number of nitrogens with one attached hydrogen (secondary N) is 2. The fraction of sp³-hybridized carbons (Fsp3) is 0.923. The van der Waals surface area contributed by atoms with Crippen molar-refractivity contribution in [1.82, 2.24) is 10.6 Å². The van der Waals surface area contributed by atoms with Gasteiger partial charge in [-0.1, -0.05) is 0 Å². The Morgan fingerprint density at radius 3 is 2.10 bits per heavy atom. The van der Waals surface area contributed by atoms with Crippen LogP contribution < -0.4 is 10.6 Å². The molecule has 0 fully saturated rings. The monoisotopic (exact) mass is 292 g/mol. The van der Waals surface area contributed by atoms with E-state index >= 15 is 0 Å². The molecular weight excluding hydrogens is 264 g/mol. The second kappa shape index (κ2) is 16.3. The zero-order valence-electron chi connectivity index (χ0n) is 12.6. The molecule has 1 amide bonds. The Bertz CT molecular complexity index is 197. The lowest BCUT2D eigenvalue weighted by Gasteiger charge is -2.07. The lowest BCUT2D eigenvalue weighted by atomic mass is 10.6. The van der Waals surface area contributed by atoms with Crippen LogP contribution in [0.3, 0.4) is 0 Å². The van der Waals surface area contributed by atoms with Crippen LogP contribution in [0.25, 0.3) is 0 Å². The van der Waals surface area contributed by atoms with Crippen molar-refractivity contribution in [3.63, 3.8) is 0 Å². The van der Waals surface area contributed by atoms with Crippen molar-refractivity contribution in [3.8, 4) is 0 Å². The van der Waals surface area contributed by atoms with E-state index in [9.17, 15) is 4.79 Å². The van der Waals surface area contributed by atoms with Crippen molar-refractivity contribution < 1.29 is 23.7 Å². The predicted molar refractivity (Wildman–Crippen MR) is 75.9 cm³/mol. The average molecular weight is 292 g/mol. The van der Waals surface area contributed by atoms with E-state index in [1.807, 2.05) is 14.0 Å². The van der Waals surface area contributed by atoms with Crippen LogP contribution >= 0.6 is 0 Å². The summed E-state index contributed by atoms with van der Waals surface area (Å²) >= 11 is 0. The number of carbonyl (C=O) groups is 1. The van der Waals surface area contributed by atoms with Crippen LogP contribution in [0.1, 0.15) is 6.92 Å². The second-order valence-corrected chi connectivity index (χ2v) is 3.93. The van der Waals surface area contributed by atoms with Gasteiger partial charge >= 0.3 is 0 Å². The lowest BCUT2D eigenvalue weighted by Crippen LogP contribution is -2.31. The largest absolute Gasteiger partial charge is 0.379 e. The normalized spacial score (nSPS) is 10.7. The van der Waals surface area contributed by atoms with Crippen molar-refractivity contribution >= 4 is 5.91 Å². The summed E-state index contributed by atoms with van der Waals surface area (Å²) in [6.07, 6.45) is 0. The molecule has 0 bridgehead atoms. The van der Waals surface area contributed by atoms with E-state index in [0.29, 0.717) is 52.8 Å². The molecule has 20 heavy (non-hydrogen) atoms. The minimum absolute atomic E-state index is 0.0499. The number of hydrogen-bond acceptors (Lipinski definition) is 6. The van der Waals surface area contributed by atoms with Gasteiger partial charge in [0, 0.05) is 19.7 Å². The first-order valence-electron chi connectivity index (χ1n) is 7.03. The molecule has 0 spiro atoms. The highest BCUT2D eigenvalue weighted by atomic mass is 16.5. The molecule has 0 radical (unpaired) electrons. The van der Waals surface area contributed by atoms with Gasteiger partial charge in [0.05, 0.1) is 39.6 Å². The average Bonchev–Trinajstić information content (AvgIpc) is 2.45. The summed E-state index contributed by atoms with van der Waals surface area (Å²) in [5, 5.41) is 5.68. The Hall–Kier alpha value is -0.730. The third-order valence-electron chi connectivity index (χ3n) is 2.25. The Balaban J connectivity index is 3.13. The number of amides is 1. The standard InChI is InChI=1S/C13H28N2O5/c1-3-17-8-9-19-7-5-15-13(16)12-20-11-10-18-6-4-14-2/h14H,3-12H2,1-2H3,(H,15,16). The van der Waals surface area contributed by atoms with Crippen LogP contribution in [0, 0.1) is 0 Å². The Labute approximate surface area is 121 Å². The van der Waals surface area contributed by atoms with E-state index in [1.165, 1.54) is 0 Å². The van der Waals surface area contributed by atoms with Crippen LogP contribution in [0.15, 0.2) is 0 Å². The van der Waals surface area contributed by atoms with Crippen LogP contribution in [0.5, 0.6) is 0 Å². The van der Waals surface area contributed by atoms with Crippen LogP contribution in [0.2, 0.25) is 0 Å². The maximum atomic E-state index is 11.3. The van der Waals surface area contributed by atoms with Gasteiger partial charge in [0.25, 0.3) is 0 Å². The van der Waals surface area contributed by atoms with Gasteiger partial charge in [0.1, 0.15) is 6.61 Å². The summed E-state index contributed by atoms with van der Waals surface area (Å²) < 4.78 is 20.8.